The third-order valence-electron chi connectivity index (χ3n) is 5.46. The fraction of sp³-hybridized carbons (Fsp3) is 0.348. The molecule has 1 aromatic heterocycles. The van der Waals surface area contributed by atoms with Crippen molar-refractivity contribution in [2.24, 2.45) is 0 Å². The fourth-order valence-electron chi connectivity index (χ4n) is 4.10. The lowest BCUT2D eigenvalue weighted by Gasteiger charge is -2.25. The van der Waals surface area contributed by atoms with Gasteiger partial charge in [0, 0.05) is 44.6 Å². The van der Waals surface area contributed by atoms with Crippen molar-refractivity contribution in [1.82, 2.24) is 9.88 Å². The smallest absolute Gasteiger partial charge is 0.295 e. The van der Waals surface area contributed by atoms with E-state index in [-0.39, 0.29) is 17.4 Å². The highest BCUT2D eigenvalue weighted by Crippen LogP contribution is 2.40. The van der Waals surface area contributed by atoms with Crippen LogP contribution in [0, 0.1) is 0 Å². The third-order valence-corrected chi connectivity index (χ3v) is 5.46. The maximum absolute atomic E-state index is 12.9. The van der Waals surface area contributed by atoms with Gasteiger partial charge in [0.2, 0.25) is 0 Å². The van der Waals surface area contributed by atoms with Crippen LogP contribution in [-0.2, 0) is 20.7 Å². The van der Waals surface area contributed by atoms with Gasteiger partial charge in [0.1, 0.15) is 17.6 Å². The van der Waals surface area contributed by atoms with Crippen LogP contribution in [0.15, 0.2) is 48.3 Å². The number of aliphatic hydroxyl groups is 1. The van der Waals surface area contributed by atoms with E-state index in [0.717, 1.165) is 17.7 Å². The van der Waals surface area contributed by atoms with Crippen LogP contribution in [0.25, 0.3) is 5.76 Å². The number of Topliss-reactive ketones (excluding diaryl/α,β-unsaturated/α-hetero) is 1. The predicted molar refractivity (Wildman–Crippen MR) is 110 cm³/mol. The number of ether oxygens (including phenoxy) is 2. The fourth-order valence-corrected chi connectivity index (χ4v) is 4.10. The molecule has 1 N–H and O–H groups in total. The molecule has 2 aliphatic heterocycles. The lowest BCUT2D eigenvalue weighted by Crippen LogP contribution is -2.31. The van der Waals surface area contributed by atoms with Crippen LogP contribution in [0.5, 0.6) is 5.75 Å². The van der Waals surface area contributed by atoms with Crippen molar-refractivity contribution in [3.63, 3.8) is 0 Å². The maximum Gasteiger partial charge on any atom is 0.295 e. The summed E-state index contributed by atoms with van der Waals surface area (Å²) in [7, 11) is 1.59. The molecular formula is C23H24N2O5. The van der Waals surface area contributed by atoms with Crippen molar-refractivity contribution in [1.29, 1.82) is 0 Å². The quantitative estimate of drug-likeness (QED) is 0.342. The van der Waals surface area contributed by atoms with Crippen LogP contribution >= 0.6 is 0 Å². The summed E-state index contributed by atoms with van der Waals surface area (Å²) in [5, 5.41) is 11.1. The van der Waals surface area contributed by atoms with Gasteiger partial charge in [-0.1, -0.05) is 6.07 Å². The molecule has 0 radical (unpaired) electrons. The van der Waals surface area contributed by atoms with Gasteiger partial charge in [-0.05, 0) is 48.7 Å². The second-order valence-electron chi connectivity index (χ2n) is 7.58. The van der Waals surface area contributed by atoms with Gasteiger partial charge in [0.25, 0.3) is 11.7 Å². The molecule has 0 unspecified atom stereocenters. The molecule has 2 aliphatic rings. The van der Waals surface area contributed by atoms with Gasteiger partial charge in [-0.25, -0.2) is 0 Å². The molecule has 4 rings (SSSR count). The predicted octanol–water partition coefficient (Wildman–Crippen LogP) is 2.86. The second kappa shape index (κ2) is 8.28. The number of fused-ring (bicyclic) bond motifs is 1. The molecule has 2 aromatic rings. The van der Waals surface area contributed by atoms with Crippen LogP contribution in [0.2, 0.25) is 0 Å². The number of methoxy groups -OCH3 is 1. The maximum atomic E-state index is 12.9. The highest BCUT2D eigenvalue weighted by Gasteiger charge is 2.46. The van der Waals surface area contributed by atoms with E-state index in [9.17, 15) is 14.7 Å². The number of rotatable bonds is 6. The summed E-state index contributed by atoms with van der Waals surface area (Å²) >= 11 is 0. The lowest BCUT2D eigenvalue weighted by atomic mass is 9.95. The summed E-state index contributed by atoms with van der Waals surface area (Å²) in [5.41, 5.74) is 2.22. The lowest BCUT2D eigenvalue weighted by molar-refractivity contribution is -0.140. The number of benzene rings is 1. The number of ketones is 1. The number of nitrogens with zero attached hydrogens (tertiary/aromatic N) is 2. The van der Waals surface area contributed by atoms with Crippen LogP contribution in [-0.4, -0.2) is 53.0 Å². The third kappa shape index (κ3) is 3.57. The number of carbonyl (C=O) groups excluding carboxylic acids is 2. The zero-order chi connectivity index (χ0) is 21.3. The Bertz CT molecular complexity index is 1000. The average Bonchev–Trinajstić information content (AvgIpc) is 3.25. The van der Waals surface area contributed by atoms with E-state index in [4.69, 9.17) is 9.47 Å². The first-order chi connectivity index (χ1) is 14.5. The number of aromatic nitrogens is 1. The molecule has 0 aliphatic carbocycles. The van der Waals surface area contributed by atoms with Crippen molar-refractivity contribution >= 4 is 17.4 Å². The number of hydrogen-bond donors (Lipinski definition) is 1. The zero-order valence-corrected chi connectivity index (χ0v) is 17.0. The minimum Gasteiger partial charge on any atom is -0.507 e. The monoisotopic (exact) mass is 408 g/mol. The van der Waals surface area contributed by atoms with E-state index in [2.05, 4.69) is 4.98 Å². The Kier molecular flexibility index (Phi) is 5.55. The van der Waals surface area contributed by atoms with E-state index in [0.29, 0.717) is 30.7 Å². The van der Waals surface area contributed by atoms with E-state index in [1.807, 2.05) is 13.0 Å². The van der Waals surface area contributed by atoms with Crippen LogP contribution in [0.4, 0.5) is 0 Å². The minimum absolute atomic E-state index is 0.0687. The standard InChI is InChI=1S/C23H24N2O5/c1-14-11-17-12-15(6-7-18(17)30-14)21(26)19-20(16-5-3-8-24-13-16)25(9-4-10-29-2)23(28)22(19)27/h3,5-8,12-14,20,26H,4,9-11H2,1-2H3/t14-,20+/m0/s1. The molecule has 1 saturated heterocycles. The number of aliphatic hydroxyl groups excluding tert-OH is 1. The van der Waals surface area contributed by atoms with Gasteiger partial charge in [-0.15, -0.1) is 0 Å². The van der Waals surface area contributed by atoms with Crippen LogP contribution in [0.3, 0.4) is 0 Å². The molecule has 3 heterocycles. The molecule has 0 bridgehead atoms. The highest BCUT2D eigenvalue weighted by atomic mass is 16.5. The highest BCUT2D eigenvalue weighted by molar-refractivity contribution is 6.46. The molecule has 1 amide bonds. The molecule has 2 atom stereocenters. The van der Waals surface area contributed by atoms with E-state index >= 15 is 0 Å². The van der Waals surface area contributed by atoms with Crippen molar-refractivity contribution < 1.29 is 24.2 Å². The van der Waals surface area contributed by atoms with E-state index in [1.54, 1.807) is 43.8 Å². The SMILES string of the molecule is COCCCN1C(=O)C(=O)C(=C(O)c2ccc3c(c2)C[C@H](C)O3)[C@H]1c1cccnc1. The van der Waals surface area contributed by atoms with Gasteiger partial charge in [0.05, 0.1) is 11.6 Å². The molecular weight excluding hydrogens is 384 g/mol. The van der Waals surface area contributed by atoms with Crippen LogP contribution in [0.1, 0.15) is 36.1 Å². The summed E-state index contributed by atoms with van der Waals surface area (Å²) in [6.45, 7) is 2.78. The summed E-state index contributed by atoms with van der Waals surface area (Å²) < 4.78 is 10.8. The Balaban J connectivity index is 1.78. The Morgan fingerprint density at radius 2 is 2.17 bits per heavy atom. The Labute approximate surface area is 174 Å². The van der Waals surface area contributed by atoms with Crippen molar-refractivity contribution in [3.05, 3.63) is 65.0 Å². The number of hydrogen-bond acceptors (Lipinski definition) is 6. The van der Waals surface area contributed by atoms with Gasteiger partial charge in [0.15, 0.2) is 0 Å². The molecule has 0 spiro atoms. The largest absolute Gasteiger partial charge is 0.507 e. The summed E-state index contributed by atoms with van der Waals surface area (Å²) in [6.07, 6.45) is 4.62. The van der Waals surface area contributed by atoms with Gasteiger partial charge >= 0.3 is 0 Å². The van der Waals surface area contributed by atoms with E-state index < -0.39 is 17.7 Å². The van der Waals surface area contributed by atoms with Gasteiger partial charge < -0.3 is 19.5 Å². The number of pyridine rings is 1. The van der Waals surface area contributed by atoms with E-state index in [1.165, 1.54) is 4.90 Å². The Morgan fingerprint density at radius 1 is 1.33 bits per heavy atom. The first kappa shape index (κ1) is 20.1. The molecule has 0 saturated carbocycles. The Morgan fingerprint density at radius 3 is 2.90 bits per heavy atom. The number of carbonyl (C=O) groups is 2. The Hall–Kier alpha value is -3.19. The second-order valence-corrected chi connectivity index (χ2v) is 7.58. The number of likely N-dealkylation sites (tertiary alicyclic amines) is 1. The molecule has 7 nitrogen and oxygen atoms in total. The zero-order valence-electron chi connectivity index (χ0n) is 17.0. The summed E-state index contributed by atoms with van der Waals surface area (Å²) in [5.74, 6) is -0.717. The van der Waals surface area contributed by atoms with Crippen molar-refractivity contribution in [3.8, 4) is 5.75 Å². The van der Waals surface area contributed by atoms with Crippen molar-refractivity contribution in [2.45, 2.75) is 31.9 Å². The molecule has 30 heavy (non-hydrogen) atoms. The molecule has 1 aromatic carbocycles. The first-order valence-electron chi connectivity index (χ1n) is 9.98. The van der Waals surface area contributed by atoms with Gasteiger partial charge in [-0.2, -0.15) is 0 Å². The normalized spacial score (nSPS) is 22.3. The number of amides is 1. The minimum atomic E-state index is -0.695. The van der Waals surface area contributed by atoms with Gasteiger partial charge in [-0.3, -0.25) is 14.6 Å². The summed E-state index contributed by atoms with van der Waals surface area (Å²) in [6, 6.07) is 8.19. The first-order valence-corrected chi connectivity index (χ1v) is 9.98. The summed E-state index contributed by atoms with van der Waals surface area (Å²) in [4.78, 5) is 31.4. The topological polar surface area (TPSA) is 89.0 Å². The van der Waals surface area contributed by atoms with Crippen molar-refractivity contribution in [2.75, 3.05) is 20.3 Å². The molecule has 1 fully saturated rings. The molecule has 156 valence electrons. The average molecular weight is 408 g/mol. The van der Waals surface area contributed by atoms with Crippen LogP contribution < -0.4 is 4.74 Å². The molecule has 7 heteroatoms.